The zero-order valence-electron chi connectivity index (χ0n) is 13.0. The first-order valence-electron chi connectivity index (χ1n) is 7.61. The van der Waals surface area contributed by atoms with E-state index in [1.54, 1.807) is 6.20 Å². The normalized spacial score (nSPS) is 14.9. The molecule has 0 radical (unpaired) electrons. The van der Waals surface area contributed by atoms with Gasteiger partial charge in [0, 0.05) is 31.9 Å². The van der Waals surface area contributed by atoms with Crippen molar-refractivity contribution in [2.24, 2.45) is 0 Å². The number of aromatic nitrogens is 3. The van der Waals surface area contributed by atoms with E-state index in [1.807, 2.05) is 42.8 Å². The van der Waals surface area contributed by atoms with E-state index in [9.17, 15) is 4.79 Å². The van der Waals surface area contributed by atoms with E-state index in [1.165, 1.54) is 0 Å². The molecule has 0 bridgehead atoms. The maximum Gasteiger partial charge on any atom is 0.269 e. The highest BCUT2D eigenvalue weighted by molar-refractivity contribution is 5.92. The Morgan fingerprint density at radius 1 is 1.32 bits per heavy atom. The standard InChI is InChI=1S/C16H21N5O/c1-12(2)19-16(22)14-9-18-15-11-20(7-8-21(14)15)10-13-5-3-4-6-17-13/h3-6,9,12H,7-8,10-11H2,1-2H3,(H,19,22). The van der Waals surface area contributed by atoms with Crippen LogP contribution in [0.1, 0.15) is 35.9 Å². The van der Waals surface area contributed by atoms with Crippen LogP contribution in [0.2, 0.25) is 0 Å². The topological polar surface area (TPSA) is 63.1 Å². The quantitative estimate of drug-likeness (QED) is 0.928. The molecule has 3 rings (SSSR count). The fourth-order valence-electron chi connectivity index (χ4n) is 2.68. The molecule has 3 heterocycles. The number of pyridine rings is 1. The Bertz CT molecular complexity index is 650. The van der Waals surface area contributed by atoms with Gasteiger partial charge in [0.2, 0.25) is 0 Å². The summed E-state index contributed by atoms with van der Waals surface area (Å²) in [6.45, 7) is 7.14. The fraction of sp³-hybridized carbons (Fsp3) is 0.438. The fourth-order valence-corrected chi connectivity index (χ4v) is 2.68. The van der Waals surface area contributed by atoms with Crippen LogP contribution in [0.4, 0.5) is 0 Å². The van der Waals surface area contributed by atoms with Gasteiger partial charge in [0.25, 0.3) is 5.91 Å². The summed E-state index contributed by atoms with van der Waals surface area (Å²) >= 11 is 0. The van der Waals surface area contributed by atoms with Gasteiger partial charge >= 0.3 is 0 Å². The second-order valence-corrected chi connectivity index (χ2v) is 5.87. The number of imidazole rings is 1. The average molecular weight is 299 g/mol. The van der Waals surface area contributed by atoms with Crippen molar-refractivity contribution >= 4 is 5.91 Å². The van der Waals surface area contributed by atoms with Crippen molar-refractivity contribution in [3.8, 4) is 0 Å². The van der Waals surface area contributed by atoms with Gasteiger partial charge in [0.05, 0.1) is 18.4 Å². The third-order valence-corrected chi connectivity index (χ3v) is 3.71. The lowest BCUT2D eigenvalue weighted by molar-refractivity contribution is 0.0929. The average Bonchev–Trinajstić information content (AvgIpc) is 2.91. The van der Waals surface area contributed by atoms with E-state index in [0.717, 1.165) is 37.7 Å². The first-order valence-corrected chi connectivity index (χ1v) is 7.61. The zero-order valence-corrected chi connectivity index (χ0v) is 13.0. The molecule has 6 heteroatoms. The van der Waals surface area contributed by atoms with Crippen LogP contribution in [-0.4, -0.2) is 37.9 Å². The molecule has 1 aliphatic rings. The molecule has 0 atom stereocenters. The van der Waals surface area contributed by atoms with Crippen LogP contribution < -0.4 is 5.32 Å². The Kier molecular flexibility index (Phi) is 4.20. The van der Waals surface area contributed by atoms with Crippen molar-refractivity contribution < 1.29 is 4.79 Å². The van der Waals surface area contributed by atoms with Crippen molar-refractivity contribution in [2.75, 3.05) is 6.54 Å². The van der Waals surface area contributed by atoms with E-state index >= 15 is 0 Å². The number of rotatable bonds is 4. The second-order valence-electron chi connectivity index (χ2n) is 5.87. The smallest absolute Gasteiger partial charge is 0.269 e. The molecular weight excluding hydrogens is 278 g/mol. The lowest BCUT2D eigenvalue weighted by atomic mass is 10.3. The zero-order chi connectivity index (χ0) is 15.5. The van der Waals surface area contributed by atoms with E-state index in [0.29, 0.717) is 5.69 Å². The van der Waals surface area contributed by atoms with E-state index in [-0.39, 0.29) is 11.9 Å². The van der Waals surface area contributed by atoms with Crippen LogP contribution in [0, 0.1) is 0 Å². The number of nitrogens with one attached hydrogen (secondary N) is 1. The largest absolute Gasteiger partial charge is 0.349 e. The highest BCUT2D eigenvalue weighted by Gasteiger charge is 2.23. The number of nitrogens with zero attached hydrogens (tertiary/aromatic N) is 4. The first kappa shape index (κ1) is 14.7. The molecule has 0 spiro atoms. The third-order valence-electron chi connectivity index (χ3n) is 3.71. The van der Waals surface area contributed by atoms with E-state index in [2.05, 4.69) is 20.2 Å². The van der Waals surface area contributed by atoms with Crippen LogP contribution in [-0.2, 0) is 19.6 Å². The summed E-state index contributed by atoms with van der Waals surface area (Å²) in [6, 6.07) is 6.08. The molecule has 0 aliphatic carbocycles. The Morgan fingerprint density at radius 2 is 2.18 bits per heavy atom. The van der Waals surface area contributed by atoms with Crippen LogP contribution in [0.25, 0.3) is 0 Å². The van der Waals surface area contributed by atoms with Crippen molar-refractivity contribution in [3.63, 3.8) is 0 Å². The van der Waals surface area contributed by atoms with Gasteiger partial charge in [-0.05, 0) is 26.0 Å². The monoisotopic (exact) mass is 299 g/mol. The molecule has 116 valence electrons. The van der Waals surface area contributed by atoms with Gasteiger partial charge < -0.3 is 9.88 Å². The number of carbonyl (C=O) groups excluding carboxylic acids is 1. The highest BCUT2D eigenvalue weighted by Crippen LogP contribution is 2.16. The Morgan fingerprint density at radius 3 is 2.91 bits per heavy atom. The van der Waals surface area contributed by atoms with Gasteiger partial charge in [0.1, 0.15) is 11.5 Å². The van der Waals surface area contributed by atoms with Crippen molar-refractivity contribution in [2.45, 2.75) is 39.5 Å². The molecule has 0 fully saturated rings. The molecule has 2 aromatic rings. The Hall–Kier alpha value is -2.21. The molecule has 1 amide bonds. The molecule has 6 nitrogen and oxygen atoms in total. The SMILES string of the molecule is CC(C)NC(=O)c1cnc2n1CCN(Cc1ccccn1)C2. The summed E-state index contributed by atoms with van der Waals surface area (Å²) in [5.74, 6) is 0.892. The van der Waals surface area contributed by atoms with Gasteiger partial charge in [-0.25, -0.2) is 4.98 Å². The van der Waals surface area contributed by atoms with Crippen molar-refractivity contribution in [1.29, 1.82) is 0 Å². The molecule has 0 saturated carbocycles. The summed E-state index contributed by atoms with van der Waals surface area (Å²) in [6.07, 6.45) is 3.49. The molecule has 22 heavy (non-hydrogen) atoms. The maximum atomic E-state index is 12.2. The van der Waals surface area contributed by atoms with Gasteiger partial charge in [-0.15, -0.1) is 0 Å². The maximum absolute atomic E-state index is 12.2. The number of hydrogen-bond donors (Lipinski definition) is 1. The Balaban J connectivity index is 1.70. The van der Waals surface area contributed by atoms with Crippen LogP contribution in [0.3, 0.4) is 0 Å². The van der Waals surface area contributed by atoms with Crippen molar-refractivity contribution in [3.05, 3.63) is 47.8 Å². The van der Waals surface area contributed by atoms with Gasteiger partial charge in [0.15, 0.2) is 0 Å². The molecule has 1 aliphatic heterocycles. The summed E-state index contributed by atoms with van der Waals surface area (Å²) in [5.41, 5.74) is 1.71. The van der Waals surface area contributed by atoms with Crippen LogP contribution in [0.15, 0.2) is 30.6 Å². The summed E-state index contributed by atoms with van der Waals surface area (Å²) in [7, 11) is 0. The molecule has 1 N–H and O–H groups in total. The van der Waals surface area contributed by atoms with E-state index in [4.69, 9.17) is 0 Å². The minimum atomic E-state index is -0.0491. The second kappa shape index (κ2) is 6.27. The summed E-state index contributed by atoms with van der Waals surface area (Å²) in [5, 5.41) is 2.92. The molecule has 0 aromatic carbocycles. The predicted octanol–water partition coefficient (Wildman–Crippen LogP) is 1.43. The van der Waals surface area contributed by atoms with Gasteiger partial charge in [-0.1, -0.05) is 6.07 Å². The lowest BCUT2D eigenvalue weighted by Crippen LogP contribution is -2.37. The van der Waals surface area contributed by atoms with Crippen LogP contribution in [0.5, 0.6) is 0 Å². The molecule has 0 saturated heterocycles. The minimum Gasteiger partial charge on any atom is -0.349 e. The highest BCUT2D eigenvalue weighted by atomic mass is 16.2. The van der Waals surface area contributed by atoms with Crippen LogP contribution >= 0.6 is 0 Å². The number of hydrogen-bond acceptors (Lipinski definition) is 4. The first-order chi connectivity index (χ1) is 10.6. The number of carbonyl (C=O) groups is 1. The molecule has 2 aromatic heterocycles. The number of amides is 1. The summed E-state index contributed by atoms with van der Waals surface area (Å²) in [4.78, 5) is 23.2. The molecule has 0 unspecified atom stereocenters. The Labute approximate surface area is 130 Å². The van der Waals surface area contributed by atoms with Gasteiger partial charge in [-0.2, -0.15) is 0 Å². The third kappa shape index (κ3) is 3.17. The summed E-state index contributed by atoms with van der Waals surface area (Å²) < 4.78 is 2.02. The molecular formula is C16H21N5O. The lowest BCUT2D eigenvalue weighted by Gasteiger charge is -2.28. The van der Waals surface area contributed by atoms with Crippen molar-refractivity contribution in [1.82, 2.24) is 24.8 Å². The predicted molar refractivity (Wildman–Crippen MR) is 83.2 cm³/mol. The van der Waals surface area contributed by atoms with Gasteiger partial charge in [-0.3, -0.25) is 14.7 Å². The number of fused-ring (bicyclic) bond motifs is 1. The van der Waals surface area contributed by atoms with E-state index < -0.39 is 0 Å². The minimum absolute atomic E-state index is 0.0491.